The number of para-hydroxylation sites is 2. The maximum Gasteiger partial charge on any atom is 0.0643 e. The molecule has 1 unspecified atom stereocenters. The molecule has 1 aliphatic carbocycles. The lowest BCUT2D eigenvalue weighted by molar-refractivity contribution is 0.438. The van der Waals surface area contributed by atoms with Crippen molar-refractivity contribution in [3.05, 3.63) is 333 Å². The number of hydrogen-bond donors (Lipinski definition) is 0. The van der Waals surface area contributed by atoms with Crippen molar-refractivity contribution in [1.29, 1.82) is 0 Å². The zero-order valence-corrected chi connectivity index (χ0v) is 49.7. The van der Waals surface area contributed by atoms with E-state index in [0.29, 0.717) is 0 Å². The zero-order valence-electron chi connectivity index (χ0n) is 49.7. The first-order valence-electron chi connectivity index (χ1n) is 31.4. The van der Waals surface area contributed by atoms with Gasteiger partial charge in [0.2, 0.25) is 0 Å². The van der Waals surface area contributed by atoms with E-state index in [1.165, 1.54) is 143 Å². The van der Waals surface area contributed by atoms with Crippen molar-refractivity contribution in [2.75, 3.05) is 0 Å². The molecule has 90 heavy (non-hydrogen) atoms. The monoisotopic (exact) mass is 1150 g/mol. The van der Waals surface area contributed by atoms with E-state index in [0.717, 1.165) is 28.8 Å². The highest BCUT2D eigenvalue weighted by atomic mass is 15.1. The van der Waals surface area contributed by atoms with Crippen molar-refractivity contribution in [1.82, 2.24) is 13.7 Å². The van der Waals surface area contributed by atoms with Crippen LogP contribution in [0.2, 0.25) is 0 Å². The number of hydrogen-bond acceptors (Lipinski definition) is 0. The van der Waals surface area contributed by atoms with Crippen molar-refractivity contribution < 1.29 is 0 Å². The van der Waals surface area contributed by atoms with Gasteiger partial charge in [-0.2, -0.15) is 0 Å². The van der Waals surface area contributed by atoms with Gasteiger partial charge in [-0.25, -0.2) is 0 Å². The van der Waals surface area contributed by atoms with Gasteiger partial charge in [0, 0.05) is 54.7 Å². The number of fused-ring (bicyclic) bond motifs is 11. The molecule has 3 nitrogen and oxygen atoms in total. The van der Waals surface area contributed by atoms with E-state index in [-0.39, 0.29) is 5.54 Å². The van der Waals surface area contributed by atoms with Crippen LogP contribution in [0.5, 0.6) is 0 Å². The van der Waals surface area contributed by atoms with Crippen molar-refractivity contribution in [2.24, 2.45) is 0 Å². The molecular weight excluding hydrogens is 1090 g/mol. The maximum atomic E-state index is 2.57. The van der Waals surface area contributed by atoms with Gasteiger partial charge < -0.3 is 13.7 Å². The Balaban J connectivity index is 0.786. The summed E-state index contributed by atoms with van der Waals surface area (Å²) in [6.07, 6.45) is 8.04. The Morgan fingerprint density at radius 3 is 1.03 bits per heavy atom. The molecule has 3 heteroatoms. The summed E-state index contributed by atoms with van der Waals surface area (Å²) >= 11 is 0. The third-order valence-electron chi connectivity index (χ3n) is 19.4. The molecule has 18 rings (SSSR count). The third-order valence-corrected chi connectivity index (χ3v) is 19.4. The molecular formula is C87H59N3. The number of nitrogens with zero attached hydrogens (tertiary/aromatic N) is 3. The van der Waals surface area contributed by atoms with Crippen molar-refractivity contribution in [3.8, 4) is 67.0 Å². The largest absolute Gasteiger partial charge is 0.331 e. The lowest BCUT2D eigenvalue weighted by atomic mass is 9.86. The number of allylic oxidation sites excluding steroid dienone is 4. The second kappa shape index (κ2) is 20.6. The number of aromatic nitrogens is 3. The Morgan fingerprint density at radius 1 is 0.256 bits per heavy atom. The summed E-state index contributed by atoms with van der Waals surface area (Å²) in [6, 6.07) is 115. The van der Waals surface area contributed by atoms with Gasteiger partial charge in [-0.1, -0.05) is 243 Å². The zero-order chi connectivity index (χ0) is 59.4. The van der Waals surface area contributed by atoms with Gasteiger partial charge in [0.15, 0.2) is 0 Å². The highest BCUT2D eigenvalue weighted by Gasteiger charge is 2.29. The molecule has 1 atom stereocenters. The first kappa shape index (κ1) is 51.7. The molecule has 0 radical (unpaired) electrons. The fourth-order valence-corrected chi connectivity index (χ4v) is 15.1. The van der Waals surface area contributed by atoms with Gasteiger partial charge in [0.05, 0.1) is 27.6 Å². The van der Waals surface area contributed by atoms with Gasteiger partial charge in [0.1, 0.15) is 0 Å². The fraction of sp³-hybridized carbons (Fsp3) is 0.0345. The average molecular weight is 1150 g/mol. The third kappa shape index (κ3) is 8.20. The summed E-state index contributed by atoms with van der Waals surface area (Å²) in [5, 5.41) is 12.4. The molecule has 0 N–H and O–H groups in total. The molecule has 0 bridgehead atoms. The van der Waals surface area contributed by atoms with Gasteiger partial charge in [0.25, 0.3) is 0 Å². The molecule has 0 saturated carbocycles. The molecule has 0 spiro atoms. The van der Waals surface area contributed by atoms with Crippen LogP contribution >= 0.6 is 0 Å². The average Bonchev–Trinajstić information content (AvgIpc) is 1.43. The molecule has 3 heterocycles. The van der Waals surface area contributed by atoms with E-state index in [2.05, 4.69) is 348 Å². The van der Waals surface area contributed by atoms with Crippen LogP contribution in [0, 0.1) is 0 Å². The number of benzene rings is 14. The van der Waals surface area contributed by atoms with Gasteiger partial charge in [-0.15, -0.1) is 0 Å². The molecule has 0 saturated heterocycles. The Labute approximate surface area is 522 Å². The SMILES string of the molecule is CC1(n2c3ccccc3c3cc(-c4ccc5c(c4)c4cc(-c6ccc7c(c6)c6ccccc6n7-c6ccc(-c7ccccc7)cc6)ccc4n5-c4ccc(-c5c6ccccc6c(-c6ccccc6)c6ccccc56)cc4)ccc32)C=CC(c2ccccc2)=CC1. The van der Waals surface area contributed by atoms with Crippen molar-refractivity contribution in [2.45, 2.75) is 18.9 Å². The predicted molar refractivity (Wildman–Crippen MR) is 382 cm³/mol. The minimum absolute atomic E-state index is 0.247. The second-order valence-electron chi connectivity index (χ2n) is 24.6. The Kier molecular flexibility index (Phi) is 11.8. The first-order chi connectivity index (χ1) is 44.5. The van der Waals surface area contributed by atoms with E-state index in [4.69, 9.17) is 0 Å². The minimum Gasteiger partial charge on any atom is -0.331 e. The standard InChI is InChI=1S/C87H59N3/c1-87(51-49-60(50-52-87)58-21-7-3-8-22-58)90-83-32-18-16-26-70(83)76-54-66(40-48-84(76)90)65-39-47-82-78(56-65)77-55-64(63-37-45-80-75(53-63)69-25-15-17-31-79(69)88(80)67-41-33-59(34-42-67)57-19-5-2-6-20-57)38-46-81(77)89(82)68-43-35-62(36-44-68)86-73-29-13-11-27-71(73)85(61-23-9-4-10-24-61)72-28-12-14-30-74(72)86/h2-51,53-56H,52H2,1H3. The first-order valence-corrected chi connectivity index (χ1v) is 31.4. The summed E-state index contributed by atoms with van der Waals surface area (Å²) in [6.45, 7) is 2.38. The lowest BCUT2D eigenvalue weighted by Crippen LogP contribution is -2.28. The van der Waals surface area contributed by atoms with Crippen LogP contribution < -0.4 is 0 Å². The Hall–Kier alpha value is -11.5. The van der Waals surface area contributed by atoms with Crippen LogP contribution in [0.1, 0.15) is 18.9 Å². The van der Waals surface area contributed by atoms with Gasteiger partial charge in [-0.05, 0) is 187 Å². The molecule has 0 aliphatic heterocycles. The van der Waals surface area contributed by atoms with Crippen LogP contribution in [0.4, 0.5) is 0 Å². The van der Waals surface area contributed by atoms with E-state index < -0.39 is 0 Å². The molecule has 17 aromatic rings. The molecule has 0 amide bonds. The normalized spacial score (nSPS) is 14.3. The van der Waals surface area contributed by atoms with Crippen LogP contribution in [-0.2, 0) is 5.54 Å². The highest BCUT2D eigenvalue weighted by Crippen LogP contribution is 2.47. The Bertz CT molecular complexity index is 5720. The van der Waals surface area contributed by atoms with Crippen LogP contribution in [0.15, 0.2) is 328 Å². The smallest absolute Gasteiger partial charge is 0.0643 e. The van der Waals surface area contributed by atoms with E-state index >= 15 is 0 Å². The van der Waals surface area contributed by atoms with Crippen molar-refractivity contribution in [3.63, 3.8) is 0 Å². The summed E-state index contributed by atoms with van der Waals surface area (Å²) in [5.41, 5.74) is 23.8. The maximum absolute atomic E-state index is 2.57. The van der Waals surface area contributed by atoms with Gasteiger partial charge in [-0.3, -0.25) is 0 Å². The van der Waals surface area contributed by atoms with E-state index in [1.54, 1.807) is 0 Å². The predicted octanol–water partition coefficient (Wildman–Crippen LogP) is 23.4. The molecule has 0 fully saturated rings. The lowest BCUT2D eigenvalue weighted by Gasteiger charge is -2.32. The molecule has 3 aromatic heterocycles. The number of rotatable bonds is 9. The van der Waals surface area contributed by atoms with Crippen LogP contribution in [0.3, 0.4) is 0 Å². The van der Waals surface area contributed by atoms with Crippen LogP contribution in [-0.4, -0.2) is 13.7 Å². The molecule has 1 aliphatic rings. The van der Waals surface area contributed by atoms with Crippen LogP contribution in [0.25, 0.3) is 160 Å². The fourth-order valence-electron chi connectivity index (χ4n) is 15.1. The molecule has 422 valence electrons. The summed E-state index contributed by atoms with van der Waals surface area (Å²) in [7, 11) is 0. The topological polar surface area (TPSA) is 14.8 Å². The quantitative estimate of drug-likeness (QED) is 0.128. The Morgan fingerprint density at radius 2 is 0.567 bits per heavy atom. The van der Waals surface area contributed by atoms with Gasteiger partial charge >= 0.3 is 0 Å². The molecule has 14 aromatic carbocycles. The summed E-state index contributed by atoms with van der Waals surface area (Å²) in [4.78, 5) is 0. The minimum atomic E-state index is -0.247. The highest BCUT2D eigenvalue weighted by molar-refractivity contribution is 6.22. The van der Waals surface area contributed by atoms with Crippen molar-refractivity contribution >= 4 is 92.5 Å². The summed E-state index contributed by atoms with van der Waals surface area (Å²) in [5.74, 6) is 0. The summed E-state index contributed by atoms with van der Waals surface area (Å²) < 4.78 is 7.46. The second-order valence-corrected chi connectivity index (χ2v) is 24.6. The van der Waals surface area contributed by atoms with E-state index in [1.807, 2.05) is 0 Å². The van der Waals surface area contributed by atoms with E-state index in [9.17, 15) is 0 Å².